The van der Waals surface area contributed by atoms with E-state index in [4.69, 9.17) is 17.3 Å². The standard InChI is InChI=1S/C14H21ClN2O2S/c1-3-12-6-4-10(2)17(12)20(18,19)14-8-11(9-16)5-7-13(14)15/h5,7-8,10,12H,3-4,6,9,16H2,1-2H3. The van der Waals surface area contributed by atoms with Crippen LogP contribution in [0.25, 0.3) is 0 Å². The Balaban J connectivity index is 2.49. The van der Waals surface area contributed by atoms with Crippen LogP contribution in [0, 0.1) is 0 Å². The van der Waals surface area contributed by atoms with Crippen molar-refractivity contribution in [3.63, 3.8) is 0 Å². The lowest BCUT2D eigenvalue weighted by atomic mass is 10.2. The second-order valence-electron chi connectivity index (χ2n) is 5.29. The molecule has 4 nitrogen and oxygen atoms in total. The van der Waals surface area contributed by atoms with Crippen molar-refractivity contribution in [1.82, 2.24) is 4.31 Å². The number of hydrogen-bond donors (Lipinski definition) is 1. The summed E-state index contributed by atoms with van der Waals surface area (Å²) in [6.07, 6.45) is 2.62. The number of nitrogens with zero attached hydrogens (tertiary/aromatic N) is 1. The molecule has 0 radical (unpaired) electrons. The first kappa shape index (κ1) is 15.8. The highest BCUT2D eigenvalue weighted by Gasteiger charge is 2.39. The molecule has 1 aromatic rings. The first-order chi connectivity index (χ1) is 9.41. The van der Waals surface area contributed by atoms with Gasteiger partial charge in [-0.25, -0.2) is 8.42 Å². The van der Waals surface area contributed by atoms with Crippen LogP contribution in [0.3, 0.4) is 0 Å². The van der Waals surface area contributed by atoms with Crippen molar-refractivity contribution in [3.05, 3.63) is 28.8 Å². The van der Waals surface area contributed by atoms with Crippen LogP contribution in [0.5, 0.6) is 0 Å². The summed E-state index contributed by atoms with van der Waals surface area (Å²) in [4.78, 5) is 0.175. The molecule has 20 heavy (non-hydrogen) atoms. The maximum absolute atomic E-state index is 12.9. The highest BCUT2D eigenvalue weighted by Crippen LogP contribution is 2.35. The maximum Gasteiger partial charge on any atom is 0.245 e. The average Bonchev–Trinajstić information content (AvgIpc) is 2.81. The van der Waals surface area contributed by atoms with Gasteiger partial charge in [0.1, 0.15) is 4.90 Å². The van der Waals surface area contributed by atoms with Crippen LogP contribution in [0.2, 0.25) is 5.02 Å². The van der Waals surface area contributed by atoms with Crippen LogP contribution in [-0.4, -0.2) is 24.8 Å². The minimum atomic E-state index is -3.57. The Morgan fingerprint density at radius 3 is 2.70 bits per heavy atom. The second-order valence-corrected chi connectivity index (χ2v) is 7.51. The molecule has 2 atom stereocenters. The number of sulfonamides is 1. The van der Waals surface area contributed by atoms with Crippen molar-refractivity contribution in [1.29, 1.82) is 0 Å². The number of hydrogen-bond acceptors (Lipinski definition) is 3. The molecule has 1 saturated heterocycles. The monoisotopic (exact) mass is 316 g/mol. The van der Waals surface area contributed by atoms with E-state index in [9.17, 15) is 8.42 Å². The van der Waals surface area contributed by atoms with Gasteiger partial charge >= 0.3 is 0 Å². The van der Waals surface area contributed by atoms with E-state index in [0.29, 0.717) is 6.54 Å². The summed E-state index contributed by atoms with van der Waals surface area (Å²) in [6, 6.07) is 5.04. The first-order valence-corrected chi connectivity index (χ1v) is 8.75. The molecule has 0 amide bonds. The smallest absolute Gasteiger partial charge is 0.245 e. The Kier molecular flexibility index (Phi) is 4.74. The highest BCUT2D eigenvalue weighted by atomic mass is 35.5. The van der Waals surface area contributed by atoms with Gasteiger partial charge in [0, 0.05) is 18.6 Å². The predicted molar refractivity (Wildman–Crippen MR) is 81.1 cm³/mol. The molecule has 112 valence electrons. The number of nitrogens with two attached hydrogens (primary N) is 1. The van der Waals surface area contributed by atoms with Crippen LogP contribution in [0.4, 0.5) is 0 Å². The van der Waals surface area contributed by atoms with Crippen molar-refractivity contribution >= 4 is 21.6 Å². The van der Waals surface area contributed by atoms with Gasteiger partial charge in [-0.1, -0.05) is 24.6 Å². The Morgan fingerprint density at radius 2 is 2.10 bits per heavy atom. The molecular formula is C14H21ClN2O2S. The zero-order valence-electron chi connectivity index (χ0n) is 11.8. The molecule has 1 aromatic carbocycles. The summed E-state index contributed by atoms with van der Waals surface area (Å²) in [5.74, 6) is 0. The number of halogens is 1. The van der Waals surface area contributed by atoms with Crippen LogP contribution >= 0.6 is 11.6 Å². The van der Waals surface area contributed by atoms with E-state index in [1.165, 1.54) is 0 Å². The fourth-order valence-corrected chi connectivity index (χ4v) is 5.33. The number of rotatable bonds is 4. The van der Waals surface area contributed by atoms with Gasteiger partial charge in [-0.2, -0.15) is 4.31 Å². The third-order valence-corrected chi connectivity index (χ3v) is 6.52. The third-order valence-electron chi connectivity index (χ3n) is 3.97. The van der Waals surface area contributed by atoms with Crippen LogP contribution in [-0.2, 0) is 16.6 Å². The SMILES string of the molecule is CCC1CCC(C)N1S(=O)(=O)c1cc(CN)ccc1Cl. The Bertz CT molecular complexity index is 589. The summed E-state index contributed by atoms with van der Waals surface area (Å²) in [7, 11) is -3.57. The lowest BCUT2D eigenvalue weighted by Crippen LogP contribution is -2.39. The maximum atomic E-state index is 12.9. The van der Waals surface area contributed by atoms with Gasteiger partial charge in [0.25, 0.3) is 0 Å². The quantitative estimate of drug-likeness (QED) is 0.929. The Morgan fingerprint density at radius 1 is 1.40 bits per heavy atom. The zero-order valence-corrected chi connectivity index (χ0v) is 13.4. The molecule has 0 aromatic heterocycles. The van der Waals surface area contributed by atoms with Gasteiger partial charge in [0.2, 0.25) is 10.0 Å². The van der Waals surface area contributed by atoms with E-state index in [2.05, 4.69) is 0 Å². The molecule has 1 aliphatic heterocycles. The minimum Gasteiger partial charge on any atom is -0.326 e. The van der Waals surface area contributed by atoms with Crippen molar-refractivity contribution in [3.8, 4) is 0 Å². The summed E-state index contributed by atoms with van der Waals surface area (Å²) in [5, 5.41) is 0.260. The molecule has 1 fully saturated rings. The van der Waals surface area contributed by atoms with E-state index in [0.717, 1.165) is 24.8 Å². The molecule has 2 N–H and O–H groups in total. The van der Waals surface area contributed by atoms with Crippen LogP contribution < -0.4 is 5.73 Å². The van der Waals surface area contributed by atoms with Gasteiger partial charge < -0.3 is 5.73 Å². The van der Waals surface area contributed by atoms with Gasteiger partial charge in [-0.05, 0) is 43.9 Å². The molecule has 2 unspecified atom stereocenters. The fraction of sp³-hybridized carbons (Fsp3) is 0.571. The molecule has 0 spiro atoms. The van der Waals surface area contributed by atoms with Gasteiger partial charge in [-0.3, -0.25) is 0 Å². The van der Waals surface area contributed by atoms with E-state index < -0.39 is 10.0 Å². The third kappa shape index (κ3) is 2.72. The largest absolute Gasteiger partial charge is 0.326 e. The Hall–Kier alpha value is -0.620. The molecule has 0 saturated carbocycles. The summed E-state index contributed by atoms with van der Waals surface area (Å²) in [6.45, 7) is 4.27. The number of benzene rings is 1. The molecular weight excluding hydrogens is 296 g/mol. The van der Waals surface area contributed by atoms with E-state index in [1.807, 2.05) is 13.8 Å². The predicted octanol–water partition coefficient (Wildman–Crippen LogP) is 2.75. The molecule has 6 heteroatoms. The van der Waals surface area contributed by atoms with E-state index in [1.54, 1.807) is 22.5 Å². The molecule has 1 heterocycles. The molecule has 0 aliphatic carbocycles. The lowest BCUT2D eigenvalue weighted by Gasteiger charge is -2.27. The highest BCUT2D eigenvalue weighted by molar-refractivity contribution is 7.89. The van der Waals surface area contributed by atoms with E-state index in [-0.39, 0.29) is 22.0 Å². The summed E-state index contributed by atoms with van der Waals surface area (Å²) >= 11 is 6.11. The average molecular weight is 317 g/mol. The first-order valence-electron chi connectivity index (χ1n) is 6.93. The van der Waals surface area contributed by atoms with Crippen molar-refractivity contribution in [2.45, 2.75) is 56.6 Å². The van der Waals surface area contributed by atoms with Gasteiger partial charge in [0.05, 0.1) is 5.02 Å². The lowest BCUT2D eigenvalue weighted by molar-refractivity contribution is 0.328. The van der Waals surface area contributed by atoms with Gasteiger partial charge in [-0.15, -0.1) is 0 Å². The minimum absolute atomic E-state index is 0.0162. The van der Waals surface area contributed by atoms with Crippen LogP contribution in [0.15, 0.2) is 23.1 Å². The zero-order chi connectivity index (χ0) is 14.9. The van der Waals surface area contributed by atoms with E-state index >= 15 is 0 Å². The summed E-state index contributed by atoms with van der Waals surface area (Å²) in [5.41, 5.74) is 6.37. The van der Waals surface area contributed by atoms with Crippen molar-refractivity contribution in [2.24, 2.45) is 5.73 Å². The second kappa shape index (κ2) is 6.02. The van der Waals surface area contributed by atoms with Crippen LogP contribution in [0.1, 0.15) is 38.7 Å². The molecule has 2 rings (SSSR count). The normalized spacial score (nSPS) is 24.2. The van der Waals surface area contributed by atoms with Crippen molar-refractivity contribution in [2.75, 3.05) is 0 Å². The fourth-order valence-electron chi connectivity index (χ4n) is 2.85. The van der Waals surface area contributed by atoms with Crippen molar-refractivity contribution < 1.29 is 8.42 Å². The van der Waals surface area contributed by atoms with Gasteiger partial charge in [0.15, 0.2) is 0 Å². The molecule has 0 bridgehead atoms. The summed E-state index contributed by atoms with van der Waals surface area (Å²) < 4.78 is 27.4. The Labute approximate surface area is 126 Å². The topological polar surface area (TPSA) is 63.4 Å². The molecule has 1 aliphatic rings.